The zero-order chi connectivity index (χ0) is 16.6. The molecule has 2 heterocycles. The lowest BCUT2D eigenvalue weighted by Crippen LogP contribution is -2.16. The molecule has 0 unspecified atom stereocenters. The van der Waals surface area contributed by atoms with E-state index in [1.165, 1.54) is 0 Å². The number of nitrogens with zero attached hydrogens (tertiary/aromatic N) is 2. The molecule has 1 aromatic carbocycles. The SMILES string of the molecule is Cc1cc(/C=N/NC(=O)c2cc3cc(Br)ccc3o2)c(C)n1C. The van der Waals surface area contributed by atoms with Crippen LogP contribution in [0.1, 0.15) is 27.5 Å². The molecule has 0 atom stereocenters. The Bertz CT molecular complexity index is 921. The van der Waals surface area contributed by atoms with Crippen LogP contribution >= 0.6 is 15.9 Å². The topological polar surface area (TPSA) is 59.5 Å². The van der Waals surface area contributed by atoms with Crippen molar-refractivity contribution in [2.45, 2.75) is 13.8 Å². The number of carbonyl (C=O) groups excluding carboxylic acids is 1. The van der Waals surface area contributed by atoms with E-state index in [4.69, 9.17) is 4.42 Å². The highest BCUT2D eigenvalue weighted by atomic mass is 79.9. The van der Waals surface area contributed by atoms with Gasteiger partial charge in [0.05, 0.1) is 6.21 Å². The Morgan fingerprint density at radius 2 is 2.09 bits per heavy atom. The zero-order valence-corrected chi connectivity index (χ0v) is 14.6. The maximum Gasteiger partial charge on any atom is 0.307 e. The van der Waals surface area contributed by atoms with E-state index in [-0.39, 0.29) is 11.7 Å². The van der Waals surface area contributed by atoms with Crippen molar-refractivity contribution in [1.82, 2.24) is 9.99 Å². The number of hydrazone groups is 1. The van der Waals surface area contributed by atoms with Gasteiger partial charge in [-0.25, -0.2) is 5.43 Å². The Hall–Kier alpha value is -2.34. The van der Waals surface area contributed by atoms with Crippen LogP contribution in [0, 0.1) is 13.8 Å². The van der Waals surface area contributed by atoms with Gasteiger partial charge >= 0.3 is 5.91 Å². The molecule has 0 aliphatic rings. The van der Waals surface area contributed by atoms with E-state index >= 15 is 0 Å². The lowest BCUT2D eigenvalue weighted by atomic mass is 10.2. The van der Waals surface area contributed by atoms with Gasteiger partial charge in [-0.2, -0.15) is 5.10 Å². The predicted octanol–water partition coefficient (Wildman–Crippen LogP) is 3.91. The van der Waals surface area contributed by atoms with Gasteiger partial charge in [0, 0.05) is 33.9 Å². The maximum absolute atomic E-state index is 12.1. The molecule has 0 spiro atoms. The molecule has 0 aliphatic carbocycles. The first-order chi connectivity index (χ1) is 11.0. The summed E-state index contributed by atoms with van der Waals surface area (Å²) in [6.45, 7) is 4.03. The molecule has 5 nitrogen and oxygen atoms in total. The predicted molar refractivity (Wildman–Crippen MR) is 93.9 cm³/mol. The molecule has 3 aromatic rings. The summed E-state index contributed by atoms with van der Waals surface area (Å²) in [6, 6.07) is 9.29. The standard InChI is InChI=1S/C17H16BrN3O2/c1-10-6-13(11(2)21(10)3)9-19-20-17(22)16-8-12-7-14(18)4-5-15(12)23-16/h4-9H,1-3H3,(H,20,22)/b19-9+. The molecule has 6 heteroatoms. The van der Waals surface area contributed by atoms with Crippen molar-refractivity contribution in [3.8, 4) is 0 Å². The van der Waals surface area contributed by atoms with E-state index < -0.39 is 0 Å². The van der Waals surface area contributed by atoms with Crippen molar-refractivity contribution in [3.63, 3.8) is 0 Å². The summed E-state index contributed by atoms with van der Waals surface area (Å²) < 4.78 is 8.53. The second-order valence-corrected chi connectivity index (χ2v) is 6.29. The number of benzene rings is 1. The third-order valence-corrected chi connectivity index (χ3v) is 4.38. The molecule has 0 bridgehead atoms. The van der Waals surface area contributed by atoms with Gasteiger partial charge in [0.25, 0.3) is 0 Å². The fourth-order valence-electron chi connectivity index (χ4n) is 2.36. The third-order valence-electron chi connectivity index (χ3n) is 3.89. The van der Waals surface area contributed by atoms with Gasteiger partial charge in [-0.1, -0.05) is 15.9 Å². The number of hydrogen-bond donors (Lipinski definition) is 1. The molecule has 1 N–H and O–H groups in total. The summed E-state index contributed by atoms with van der Waals surface area (Å²) in [6.07, 6.45) is 1.64. The normalized spacial score (nSPS) is 11.5. The monoisotopic (exact) mass is 373 g/mol. The minimum absolute atomic E-state index is 0.233. The van der Waals surface area contributed by atoms with Gasteiger partial charge in [-0.3, -0.25) is 4.79 Å². The van der Waals surface area contributed by atoms with Crippen LogP contribution in [0.25, 0.3) is 11.0 Å². The average molecular weight is 374 g/mol. The van der Waals surface area contributed by atoms with Gasteiger partial charge in [-0.05, 0) is 44.2 Å². The fraction of sp³-hybridized carbons (Fsp3) is 0.176. The van der Waals surface area contributed by atoms with Gasteiger partial charge in [0.1, 0.15) is 5.58 Å². The molecule has 118 valence electrons. The Morgan fingerprint density at radius 1 is 1.30 bits per heavy atom. The lowest BCUT2D eigenvalue weighted by Gasteiger charge is -1.99. The molecule has 2 aromatic heterocycles. The van der Waals surface area contributed by atoms with E-state index in [9.17, 15) is 4.79 Å². The van der Waals surface area contributed by atoms with Crippen LogP contribution in [0.2, 0.25) is 0 Å². The molecule has 3 rings (SSSR count). The molecule has 0 radical (unpaired) electrons. The number of aryl methyl sites for hydroxylation is 1. The summed E-state index contributed by atoms with van der Waals surface area (Å²) in [5.41, 5.74) is 6.36. The number of amides is 1. The number of furan rings is 1. The summed E-state index contributed by atoms with van der Waals surface area (Å²) in [4.78, 5) is 12.1. The number of halogens is 1. The molecule has 0 fully saturated rings. The third kappa shape index (κ3) is 3.07. The van der Waals surface area contributed by atoms with Crippen molar-refractivity contribution < 1.29 is 9.21 Å². The molecule has 0 aliphatic heterocycles. The van der Waals surface area contributed by atoms with Crippen LogP contribution in [-0.2, 0) is 7.05 Å². The molecule has 0 saturated heterocycles. The molecule has 1 amide bonds. The first kappa shape index (κ1) is 15.6. The summed E-state index contributed by atoms with van der Waals surface area (Å²) in [7, 11) is 1.99. The van der Waals surface area contributed by atoms with Crippen molar-refractivity contribution in [3.05, 3.63) is 57.5 Å². The molecule has 0 saturated carbocycles. The van der Waals surface area contributed by atoms with Gasteiger partial charge in [0.15, 0.2) is 5.76 Å². The van der Waals surface area contributed by atoms with Crippen LogP contribution in [0.3, 0.4) is 0 Å². The first-order valence-electron chi connectivity index (χ1n) is 7.11. The maximum atomic E-state index is 12.1. The van der Waals surface area contributed by atoms with E-state index in [1.807, 2.05) is 45.2 Å². The molecular weight excluding hydrogens is 358 g/mol. The van der Waals surface area contributed by atoms with E-state index in [0.717, 1.165) is 26.8 Å². The Morgan fingerprint density at radius 3 is 2.78 bits per heavy atom. The van der Waals surface area contributed by atoms with Crippen LogP contribution < -0.4 is 5.43 Å². The Balaban J connectivity index is 1.75. The Labute approximate surface area is 142 Å². The quantitative estimate of drug-likeness (QED) is 0.558. The fourth-order valence-corrected chi connectivity index (χ4v) is 2.74. The summed E-state index contributed by atoms with van der Waals surface area (Å²) in [5.74, 6) is -0.143. The number of hydrogen-bond acceptors (Lipinski definition) is 3. The molecule has 23 heavy (non-hydrogen) atoms. The van der Waals surface area contributed by atoms with Crippen molar-refractivity contribution in [1.29, 1.82) is 0 Å². The van der Waals surface area contributed by atoms with Crippen molar-refractivity contribution >= 4 is 39.0 Å². The van der Waals surface area contributed by atoms with Gasteiger partial charge in [0.2, 0.25) is 0 Å². The van der Waals surface area contributed by atoms with Crippen LogP contribution in [-0.4, -0.2) is 16.7 Å². The molecular formula is C17H16BrN3O2. The number of carbonyl (C=O) groups is 1. The van der Waals surface area contributed by atoms with Crippen LogP contribution in [0.5, 0.6) is 0 Å². The van der Waals surface area contributed by atoms with Crippen LogP contribution in [0.15, 0.2) is 44.3 Å². The summed E-state index contributed by atoms with van der Waals surface area (Å²) in [5, 5.41) is 4.88. The second kappa shape index (κ2) is 6.04. The summed E-state index contributed by atoms with van der Waals surface area (Å²) >= 11 is 3.39. The number of fused-ring (bicyclic) bond motifs is 1. The first-order valence-corrected chi connectivity index (χ1v) is 7.90. The van der Waals surface area contributed by atoms with Gasteiger partial charge in [-0.15, -0.1) is 0 Å². The van der Waals surface area contributed by atoms with E-state index in [1.54, 1.807) is 12.3 Å². The Kier molecular flexibility index (Phi) is 4.09. The number of rotatable bonds is 3. The van der Waals surface area contributed by atoms with Gasteiger partial charge < -0.3 is 8.98 Å². The number of nitrogens with one attached hydrogen (secondary N) is 1. The smallest absolute Gasteiger partial charge is 0.307 e. The zero-order valence-electron chi connectivity index (χ0n) is 13.1. The van der Waals surface area contributed by atoms with Crippen molar-refractivity contribution in [2.24, 2.45) is 12.1 Å². The van der Waals surface area contributed by atoms with Crippen LogP contribution in [0.4, 0.5) is 0 Å². The number of aromatic nitrogens is 1. The largest absolute Gasteiger partial charge is 0.451 e. The van der Waals surface area contributed by atoms with Crippen molar-refractivity contribution in [2.75, 3.05) is 0 Å². The second-order valence-electron chi connectivity index (χ2n) is 5.38. The average Bonchev–Trinajstić information content (AvgIpc) is 3.04. The minimum Gasteiger partial charge on any atom is -0.451 e. The highest BCUT2D eigenvalue weighted by Crippen LogP contribution is 2.23. The van der Waals surface area contributed by atoms with E-state index in [0.29, 0.717) is 5.58 Å². The highest BCUT2D eigenvalue weighted by molar-refractivity contribution is 9.10. The minimum atomic E-state index is -0.376. The highest BCUT2D eigenvalue weighted by Gasteiger charge is 2.12. The van der Waals surface area contributed by atoms with E-state index in [2.05, 4.69) is 31.0 Å². The lowest BCUT2D eigenvalue weighted by molar-refractivity contribution is 0.0929.